The van der Waals surface area contributed by atoms with Crippen molar-refractivity contribution in [2.45, 2.75) is 24.8 Å². The van der Waals surface area contributed by atoms with E-state index >= 15 is 0 Å². The van der Waals surface area contributed by atoms with Gasteiger partial charge in [0.25, 0.3) is 0 Å². The highest BCUT2D eigenvalue weighted by Crippen LogP contribution is 2.26. The van der Waals surface area contributed by atoms with Crippen molar-refractivity contribution in [1.82, 2.24) is 4.57 Å². The molecule has 0 radical (unpaired) electrons. The standard InChI is InChI=1S/C15H17N3O3S2/c1-10-8-23-15(21)18(10)7-6-14(20)17-11-4-2-3-5-12(11)22-9-13(16)19/h2-5,8H,6-7,9H2,1H3,(H2,16,19)(H,17,20). The second-order valence-corrected chi connectivity index (χ2v) is 6.68. The van der Waals surface area contributed by atoms with Gasteiger partial charge in [-0.3, -0.25) is 14.4 Å². The second-order valence-electron chi connectivity index (χ2n) is 4.84. The zero-order chi connectivity index (χ0) is 16.8. The van der Waals surface area contributed by atoms with Crippen molar-refractivity contribution >= 4 is 40.6 Å². The summed E-state index contributed by atoms with van der Waals surface area (Å²) in [4.78, 5) is 35.3. The summed E-state index contributed by atoms with van der Waals surface area (Å²) in [6.07, 6.45) is 0.201. The van der Waals surface area contributed by atoms with Gasteiger partial charge in [-0.2, -0.15) is 0 Å². The van der Waals surface area contributed by atoms with Crippen molar-refractivity contribution < 1.29 is 9.59 Å². The van der Waals surface area contributed by atoms with Gasteiger partial charge in [-0.05, 0) is 19.1 Å². The van der Waals surface area contributed by atoms with Crippen molar-refractivity contribution in [2.75, 3.05) is 11.1 Å². The predicted molar refractivity (Wildman–Crippen MR) is 92.9 cm³/mol. The molecule has 1 aromatic carbocycles. The zero-order valence-corrected chi connectivity index (χ0v) is 14.2. The van der Waals surface area contributed by atoms with E-state index < -0.39 is 5.91 Å². The summed E-state index contributed by atoms with van der Waals surface area (Å²) in [5.74, 6) is -0.450. The van der Waals surface area contributed by atoms with Gasteiger partial charge in [-0.15, -0.1) is 11.8 Å². The molecule has 8 heteroatoms. The van der Waals surface area contributed by atoms with E-state index in [9.17, 15) is 14.4 Å². The third-order valence-electron chi connectivity index (χ3n) is 3.07. The molecule has 0 spiro atoms. The third-order valence-corrected chi connectivity index (χ3v) is 5.05. The number of carbonyl (C=O) groups excluding carboxylic acids is 2. The number of amides is 2. The fraction of sp³-hybridized carbons (Fsp3) is 0.267. The van der Waals surface area contributed by atoms with E-state index in [1.807, 2.05) is 19.1 Å². The molecule has 1 aromatic heterocycles. The highest BCUT2D eigenvalue weighted by atomic mass is 32.2. The third kappa shape index (κ3) is 4.97. The summed E-state index contributed by atoms with van der Waals surface area (Å²) < 4.78 is 1.58. The predicted octanol–water partition coefficient (Wildman–Crippen LogP) is 1.82. The van der Waals surface area contributed by atoms with Crippen LogP contribution in [0.5, 0.6) is 0 Å². The van der Waals surface area contributed by atoms with Gasteiger partial charge in [-0.25, -0.2) is 0 Å². The Balaban J connectivity index is 1.97. The molecule has 2 rings (SSSR count). The van der Waals surface area contributed by atoms with E-state index in [0.29, 0.717) is 12.2 Å². The molecule has 23 heavy (non-hydrogen) atoms. The van der Waals surface area contributed by atoms with Gasteiger partial charge in [0, 0.05) is 28.9 Å². The molecule has 0 atom stereocenters. The van der Waals surface area contributed by atoms with Gasteiger partial charge in [0.05, 0.1) is 11.4 Å². The summed E-state index contributed by atoms with van der Waals surface area (Å²) in [5.41, 5.74) is 6.63. The number of hydrogen-bond donors (Lipinski definition) is 2. The van der Waals surface area contributed by atoms with Crippen LogP contribution < -0.4 is 15.9 Å². The SMILES string of the molecule is Cc1csc(=O)n1CCC(=O)Nc1ccccc1SCC(N)=O. The largest absolute Gasteiger partial charge is 0.369 e. The number of hydrogen-bond acceptors (Lipinski definition) is 5. The Morgan fingerprint density at radius 1 is 1.35 bits per heavy atom. The molecule has 0 saturated carbocycles. The Morgan fingerprint density at radius 2 is 2.09 bits per heavy atom. The Hall–Kier alpha value is -2.06. The minimum atomic E-state index is -0.413. The molecule has 3 N–H and O–H groups in total. The highest BCUT2D eigenvalue weighted by Gasteiger charge is 2.10. The van der Waals surface area contributed by atoms with E-state index in [0.717, 1.165) is 21.9 Å². The van der Waals surface area contributed by atoms with Crippen LogP contribution in [-0.4, -0.2) is 22.1 Å². The number of thiazole rings is 1. The molecule has 0 unspecified atom stereocenters. The number of para-hydroxylation sites is 1. The van der Waals surface area contributed by atoms with Crippen LogP contribution in [0.15, 0.2) is 39.3 Å². The zero-order valence-electron chi connectivity index (χ0n) is 12.6. The highest BCUT2D eigenvalue weighted by molar-refractivity contribution is 8.00. The van der Waals surface area contributed by atoms with Gasteiger partial charge in [-0.1, -0.05) is 23.5 Å². The smallest absolute Gasteiger partial charge is 0.307 e. The van der Waals surface area contributed by atoms with Crippen molar-refractivity contribution in [1.29, 1.82) is 0 Å². The molecule has 2 amide bonds. The number of benzene rings is 1. The molecule has 0 aliphatic rings. The average Bonchev–Trinajstić information content (AvgIpc) is 2.83. The molecule has 0 aliphatic heterocycles. The monoisotopic (exact) mass is 351 g/mol. The number of aromatic nitrogens is 1. The minimum absolute atomic E-state index is 0.0623. The van der Waals surface area contributed by atoms with Crippen molar-refractivity contribution in [2.24, 2.45) is 5.73 Å². The molecule has 0 fully saturated rings. The lowest BCUT2D eigenvalue weighted by Gasteiger charge is -2.10. The van der Waals surface area contributed by atoms with E-state index in [1.165, 1.54) is 11.8 Å². The topological polar surface area (TPSA) is 94.2 Å². The Kier molecular flexibility index (Phi) is 6.00. The number of primary amides is 1. The average molecular weight is 351 g/mol. The lowest BCUT2D eigenvalue weighted by molar-refractivity contribution is -0.116. The number of rotatable bonds is 7. The van der Waals surface area contributed by atoms with Crippen molar-refractivity contribution in [3.63, 3.8) is 0 Å². The normalized spacial score (nSPS) is 10.5. The number of aryl methyl sites for hydroxylation is 1. The van der Waals surface area contributed by atoms with Gasteiger partial charge < -0.3 is 15.6 Å². The van der Waals surface area contributed by atoms with Crippen LogP contribution in [0.1, 0.15) is 12.1 Å². The first-order valence-electron chi connectivity index (χ1n) is 6.92. The first-order valence-corrected chi connectivity index (χ1v) is 8.79. The molecule has 0 bridgehead atoms. The van der Waals surface area contributed by atoms with E-state index in [-0.39, 0.29) is 23.0 Å². The quantitative estimate of drug-likeness (QED) is 0.744. The van der Waals surface area contributed by atoms with Gasteiger partial charge in [0.15, 0.2) is 0 Å². The molecular formula is C15H17N3O3S2. The van der Waals surface area contributed by atoms with Crippen LogP contribution in [0.3, 0.4) is 0 Å². The molecule has 0 aliphatic carbocycles. The number of nitrogens with two attached hydrogens (primary N) is 1. The number of carbonyl (C=O) groups is 2. The van der Waals surface area contributed by atoms with E-state index in [2.05, 4.69) is 5.32 Å². The van der Waals surface area contributed by atoms with Gasteiger partial charge >= 0.3 is 4.87 Å². The first kappa shape index (κ1) is 17.3. The fourth-order valence-electron chi connectivity index (χ4n) is 1.95. The molecule has 0 saturated heterocycles. The Labute approximate surface area is 141 Å². The van der Waals surface area contributed by atoms with Crippen LogP contribution in [0.4, 0.5) is 5.69 Å². The Morgan fingerprint density at radius 3 is 2.74 bits per heavy atom. The lowest BCUT2D eigenvalue weighted by atomic mass is 10.3. The van der Waals surface area contributed by atoms with Crippen molar-refractivity contribution in [3.05, 3.63) is 45.0 Å². The number of nitrogens with zero attached hydrogens (tertiary/aromatic N) is 1. The van der Waals surface area contributed by atoms with Crippen LogP contribution in [0.2, 0.25) is 0 Å². The van der Waals surface area contributed by atoms with Crippen LogP contribution >= 0.6 is 23.1 Å². The maximum atomic E-state index is 12.1. The number of anilines is 1. The molecule has 2 aromatic rings. The van der Waals surface area contributed by atoms with Crippen molar-refractivity contribution in [3.8, 4) is 0 Å². The van der Waals surface area contributed by atoms with E-state index in [4.69, 9.17) is 5.73 Å². The number of thioether (sulfide) groups is 1. The van der Waals surface area contributed by atoms with Gasteiger partial charge in [0.1, 0.15) is 0 Å². The van der Waals surface area contributed by atoms with Crippen LogP contribution in [0.25, 0.3) is 0 Å². The summed E-state index contributed by atoms with van der Waals surface area (Å²) in [6, 6.07) is 7.21. The Bertz CT molecular complexity index is 767. The maximum absolute atomic E-state index is 12.1. The first-order chi connectivity index (χ1) is 11.0. The molecular weight excluding hydrogens is 334 g/mol. The summed E-state index contributed by atoms with van der Waals surface area (Å²) in [5, 5.41) is 4.59. The lowest BCUT2D eigenvalue weighted by Crippen LogP contribution is -2.20. The summed E-state index contributed by atoms with van der Waals surface area (Å²) >= 11 is 2.40. The second kappa shape index (κ2) is 7.98. The fourth-order valence-corrected chi connectivity index (χ4v) is 3.45. The maximum Gasteiger partial charge on any atom is 0.307 e. The van der Waals surface area contributed by atoms with Gasteiger partial charge in [0.2, 0.25) is 11.8 Å². The van der Waals surface area contributed by atoms with Crippen LogP contribution in [0, 0.1) is 6.92 Å². The molecule has 1 heterocycles. The molecule has 6 nitrogen and oxygen atoms in total. The molecule has 122 valence electrons. The minimum Gasteiger partial charge on any atom is -0.369 e. The van der Waals surface area contributed by atoms with Crippen LogP contribution in [-0.2, 0) is 16.1 Å². The summed E-state index contributed by atoms with van der Waals surface area (Å²) in [7, 11) is 0. The van der Waals surface area contributed by atoms with E-state index in [1.54, 1.807) is 22.1 Å². The summed E-state index contributed by atoms with van der Waals surface area (Å²) in [6.45, 7) is 2.18. The number of nitrogens with one attached hydrogen (secondary N) is 1.